The fraction of sp³-hybridized carbons (Fsp3) is 0.714. The number of nitrogens with zero attached hydrogens (tertiary/aromatic N) is 1. The fourth-order valence-electron chi connectivity index (χ4n) is 2.44. The Bertz CT molecular complexity index is 434. The van der Waals surface area contributed by atoms with Crippen molar-refractivity contribution in [3.05, 3.63) is 17.0 Å². The van der Waals surface area contributed by atoms with E-state index in [9.17, 15) is 9.90 Å². The molecule has 6 heteroatoms. The van der Waals surface area contributed by atoms with Gasteiger partial charge < -0.3 is 14.9 Å². The molecule has 20 heavy (non-hydrogen) atoms. The highest BCUT2D eigenvalue weighted by atomic mass is 32.2. The summed E-state index contributed by atoms with van der Waals surface area (Å²) in [4.78, 5) is 11.9. The van der Waals surface area contributed by atoms with Gasteiger partial charge in [0, 0.05) is 17.4 Å². The molecule has 0 spiro atoms. The summed E-state index contributed by atoms with van der Waals surface area (Å²) in [5.74, 6) is 2.10. The molecule has 0 bridgehead atoms. The minimum atomic E-state index is -0.183. The van der Waals surface area contributed by atoms with Gasteiger partial charge in [-0.15, -0.1) is 11.8 Å². The van der Waals surface area contributed by atoms with Crippen molar-refractivity contribution in [3.63, 3.8) is 0 Å². The quantitative estimate of drug-likeness (QED) is 0.869. The zero-order valence-electron chi connectivity index (χ0n) is 12.0. The average Bonchev–Trinajstić information content (AvgIpc) is 2.73. The fourth-order valence-corrected chi connectivity index (χ4v) is 3.43. The molecule has 2 N–H and O–H groups in total. The number of rotatable bonds is 5. The third kappa shape index (κ3) is 4.24. The average molecular weight is 298 g/mol. The first kappa shape index (κ1) is 15.4. The Balaban J connectivity index is 1.68. The molecule has 5 nitrogen and oxygen atoms in total. The van der Waals surface area contributed by atoms with Crippen molar-refractivity contribution < 1.29 is 14.4 Å². The SMILES string of the molecule is Cc1noc(C)c1CSCC(=O)NC1CCC(O)CC1. The molecule has 112 valence electrons. The van der Waals surface area contributed by atoms with Gasteiger partial charge in [0.05, 0.1) is 17.6 Å². The van der Waals surface area contributed by atoms with Crippen molar-refractivity contribution >= 4 is 17.7 Å². The Morgan fingerprint density at radius 1 is 1.40 bits per heavy atom. The molecule has 0 unspecified atom stereocenters. The summed E-state index contributed by atoms with van der Waals surface area (Å²) in [6, 6.07) is 0.227. The highest BCUT2D eigenvalue weighted by Gasteiger charge is 2.20. The van der Waals surface area contributed by atoms with Gasteiger partial charge in [0.25, 0.3) is 0 Å². The number of aliphatic hydroxyl groups excluding tert-OH is 1. The second-order valence-electron chi connectivity index (χ2n) is 5.37. The number of aliphatic hydroxyl groups is 1. The summed E-state index contributed by atoms with van der Waals surface area (Å²) >= 11 is 1.58. The van der Waals surface area contributed by atoms with Gasteiger partial charge in [-0.25, -0.2) is 0 Å². The lowest BCUT2D eigenvalue weighted by Crippen LogP contribution is -2.39. The standard InChI is InChI=1S/C14H22N2O3S/c1-9-13(10(2)19-16-9)7-20-8-14(18)15-11-3-5-12(17)6-4-11/h11-12,17H,3-8H2,1-2H3,(H,15,18). The van der Waals surface area contributed by atoms with Crippen molar-refractivity contribution in [2.24, 2.45) is 0 Å². The Hall–Kier alpha value is -1.01. The Morgan fingerprint density at radius 3 is 2.70 bits per heavy atom. The van der Waals surface area contributed by atoms with E-state index in [1.807, 2.05) is 13.8 Å². The van der Waals surface area contributed by atoms with Crippen LogP contribution in [-0.4, -0.2) is 34.1 Å². The monoisotopic (exact) mass is 298 g/mol. The number of aromatic nitrogens is 1. The van der Waals surface area contributed by atoms with E-state index in [-0.39, 0.29) is 18.1 Å². The zero-order chi connectivity index (χ0) is 14.5. The summed E-state index contributed by atoms with van der Waals surface area (Å²) in [7, 11) is 0. The molecule has 0 atom stereocenters. The van der Waals surface area contributed by atoms with E-state index in [4.69, 9.17) is 4.52 Å². The van der Waals surface area contributed by atoms with Gasteiger partial charge in [-0.2, -0.15) is 0 Å². The van der Waals surface area contributed by atoms with Gasteiger partial charge in [-0.05, 0) is 39.5 Å². The van der Waals surface area contributed by atoms with Gasteiger partial charge in [0.2, 0.25) is 5.91 Å². The van der Waals surface area contributed by atoms with E-state index < -0.39 is 0 Å². The van der Waals surface area contributed by atoms with Gasteiger partial charge in [-0.3, -0.25) is 4.79 Å². The third-order valence-electron chi connectivity index (χ3n) is 3.72. The summed E-state index contributed by atoms with van der Waals surface area (Å²) in [5.41, 5.74) is 1.99. The van der Waals surface area contributed by atoms with Crippen LogP contribution in [-0.2, 0) is 10.5 Å². The third-order valence-corrected chi connectivity index (χ3v) is 4.68. The first-order valence-electron chi connectivity index (χ1n) is 7.03. The van der Waals surface area contributed by atoms with Crippen LogP contribution in [0.2, 0.25) is 0 Å². The van der Waals surface area contributed by atoms with E-state index in [0.717, 1.165) is 48.5 Å². The molecule has 0 aromatic carbocycles. The number of amides is 1. The van der Waals surface area contributed by atoms with Crippen LogP contribution < -0.4 is 5.32 Å². The lowest BCUT2D eigenvalue weighted by molar-refractivity contribution is -0.119. The van der Waals surface area contributed by atoms with Crippen LogP contribution in [0.4, 0.5) is 0 Å². The molecule has 0 saturated heterocycles. The highest BCUT2D eigenvalue weighted by Crippen LogP contribution is 2.20. The Morgan fingerprint density at radius 2 is 2.10 bits per heavy atom. The van der Waals surface area contributed by atoms with Crippen LogP contribution in [0, 0.1) is 13.8 Å². The van der Waals surface area contributed by atoms with Crippen molar-refractivity contribution in [1.29, 1.82) is 0 Å². The van der Waals surface area contributed by atoms with Crippen LogP contribution in [0.25, 0.3) is 0 Å². The number of nitrogens with one attached hydrogen (secondary N) is 1. The molecule has 1 saturated carbocycles. The first-order chi connectivity index (χ1) is 9.56. The molecular weight excluding hydrogens is 276 g/mol. The Labute approximate surface area is 123 Å². The molecule has 1 amide bonds. The topological polar surface area (TPSA) is 75.4 Å². The minimum Gasteiger partial charge on any atom is -0.393 e. The van der Waals surface area contributed by atoms with Crippen LogP contribution in [0.15, 0.2) is 4.52 Å². The molecule has 1 aliphatic rings. The van der Waals surface area contributed by atoms with Crippen molar-refractivity contribution in [3.8, 4) is 0 Å². The maximum atomic E-state index is 11.9. The lowest BCUT2D eigenvalue weighted by Gasteiger charge is -2.26. The zero-order valence-corrected chi connectivity index (χ0v) is 12.8. The largest absolute Gasteiger partial charge is 0.393 e. The normalized spacial score (nSPS) is 22.8. The maximum absolute atomic E-state index is 11.9. The summed E-state index contributed by atoms with van der Waals surface area (Å²) in [6.45, 7) is 3.81. The predicted molar refractivity (Wildman–Crippen MR) is 78.5 cm³/mol. The minimum absolute atomic E-state index is 0.0724. The summed E-state index contributed by atoms with van der Waals surface area (Å²) in [5, 5.41) is 16.4. The molecule has 1 heterocycles. The van der Waals surface area contributed by atoms with Gasteiger partial charge >= 0.3 is 0 Å². The molecule has 1 aromatic heterocycles. The maximum Gasteiger partial charge on any atom is 0.230 e. The van der Waals surface area contributed by atoms with Gasteiger partial charge in [0.15, 0.2) is 0 Å². The number of carbonyl (C=O) groups is 1. The van der Waals surface area contributed by atoms with E-state index in [1.165, 1.54) is 0 Å². The van der Waals surface area contributed by atoms with Crippen LogP contribution in [0.5, 0.6) is 0 Å². The number of aryl methyl sites for hydroxylation is 2. The van der Waals surface area contributed by atoms with E-state index in [1.54, 1.807) is 11.8 Å². The van der Waals surface area contributed by atoms with E-state index >= 15 is 0 Å². The molecule has 1 fully saturated rings. The molecule has 2 rings (SSSR count). The van der Waals surface area contributed by atoms with Crippen molar-refractivity contribution in [1.82, 2.24) is 10.5 Å². The second kappa shape index (κ2) is 7.13. The van der Waals surface area contributed by atoms with Gasteiger partial charge in [-0.1, -0.05) is 5.16 Å². The molecule has 0 radical (unpaired) electrons. The lowest BCUT2D eigenvalue weighted by atomic mass is 9.93. The van der Waals surface area contributed by atoms with Crippen LogP contribution >= 0.6 is 11.8 Å². The van der Waals surface area contributed by atoms with Crippen molar-refractivity contribution in [2.45, 2.75) is 57.4 Å². The summed E-state index contributed by atoms with van der Waals surface area (Å²) in [6.07, 6.45) is 3.15. The van der Waals surface area contributed by atoms with E-state index in [0.29, 0.717) is 5.75 Å². The first-order valence-corrected chi connectivity index (χ1v) is 8.18. The predicted octanol–water partition coefficient (Wildman–Crippen LogP) is 1.94. The molecular formula is C14H22N2O3S. The smallest absolute Gasteiger partial charge is 0.230 e. The summed E-state index contributed by atoms with van der Waals surface area (Å²) < 4.78 is 5.10. The van der Waals surface area contributed by atoms with Crippen LogP contribution in [0.3, 0.4) is 0 Å². The van der Waals surface area contributed by atoms with Crippen LogP contribution in [0.1, 0.15) is 42.7 Å². The van der Waals surface area contributed by atoms with Crippen molar-refractivity contribution in [2.75, 3.05) is 5.75 Å². The Kier molecular flexibility index (Phi) is 5.48. The molecule has 1 aliphatic carbocycles. The molecule has 1 aromatic rings. The molecule has 0 aliphatic heterocycles. The van der Waals surface area contributed by atoms with E-state index in [2.05, 4.69) is 10.5 Å². The number of hydrogen-bond donors (Lipinski definition) is 2. The number of carbonyl (C=O) groups excluding carboxylic acids is 1. The van der Waals surface area contributed by atoms with Gasteiger partial charge in [0.1, 0.15) is 5.76 Å². The highest BCUT2D eigenvalue weighted by molar-refractivity contribution is 7.99. The number of hydrogen-bond acceptors (Lipinski definition) is 5. The number of thioether (sulfide) groups is 1. The second-order valence-corrected chi connectivity index (χ2v) is 6.35.